The maximum absolute atomic E-state index is 12.0. The average molecular weight is 356 g/mol. The molecule has 2 aromatic carbocycles. The van der Waals surface area contributed by atoms with E-state index in [1.807, 2.05) is 43.3 Å². The second-order valence-corrected chi connectivity index (χ2v) is 5.83. The van der Waals surface area contributed by atoms with Gasteiger partial charge in [-0.2, -0.15) is 0 Å². The fraction of sp³-hybridized carbons (Fsp3) is 0.222. The minimum absolute atomic E-state index is 0.130. The second kappa shape index (κ2) is 8.61. The summed E-state index contributed by atoms with van der Waals surface area (Å²) in [4.78, 5) is 36.0. The second-order valence-electron chi connectivity index (χ2n) is 5.83. The van der Waals surface area contributed by atoms with E-state index in [1.165, 1.54) is 24.3 Å². The molecule has 0 radical (unpaired) electrons. The Morgan fingerprint density at radius 3 is 2.50 bits per heavy atom. The SMILES string of the molecule is CN(C)c1cccc(CNC(=O)CNC(=O)c2cccc([N+](=O)[O-])c2)c1. The first kappa shape index (κ1) is 18.9. The highest BCUT2D eigenvalue weighted by atomic mass is 16.6. The van der Waals surface area contributed by atoms with Crippen LogP contribution < -0.4 is 15.5 Å². The highest BCUT2D eigenvalue weighted by Gasteiger charge is 2.12. The molecule has 0 bridgehead atoms. The van der Waals surface area contributed by atoms with E-state index in [1.54, 1.807) is 0 Å². The van der Waals surface area contributed by atoms with Gasteiger partial charge in [-0.05, 0) is 23.8 Å². The van der Waals surface area contributed by atoms with Crippen molar-refractivity contribution in [1.29, 1.82) is 0 Å². The van der Waals surface area contributed by atoms with E-state index in [0.717, 1.165) is 11.3 Å². The van der Waals surface area contributed by atoms with Crippen LogP contribution in [0.15, 0.2) is 48.5 Å². The summed E-state index contributed by atoms with van der Waals surface area (Å²) in [6.07, 6.45) is 0. The Balaban J connectivity index is 1.85. The number of hydrogen-bond acceptors (Lipinski definition) is 5. The number of non-ortho nitro benzene ring substituents is 1. The Bertz CT molecular complexity index is 820. The molecule has 0 heterocycles. The molecule has 0 atom stereocenters. The van der Waals surface area contributed by atoms with Gasteiger partial charge in [0.15, 0.2) is 0 Å². The number of rotatable bonds is 7. The number of carbonyl (C=O) groups is 2. The highest BCUT2D eigenvalue weighted by molar-refractivity contribution is 5.96. The van der Waals surface area contributed by atoms with Gasteiger partial charge in [-0.25, -0.2) is 0 Å². The number of carbonyl (C=O) groups excluding carboxylic acids is 2. The summed E-state index contributed by atoms with van der Waals surface area (Å²) in [7, 11) is 3.86. The lowest BCUT2D eigenvalue weighted by Gasteiger charge is -2.14. The monoisotopic (exact) mass is 356 g/mol. The minimum atomic E-state index is -0.578. The first-order valence-corrected chi connectivity index (χ1v) is 7.92. The molecule has 0 unspecified atom stereocenters. The van der Waals surface area contributed by atoms with Crippen molar-refractivity contribution in [2.45, 2.75) is 6.54 Å². The van der Waals surface area contributed by atoms with E-state index in [4.69, 9.17) is 0 Å². The molecule has 2 N–H and O–H groups in total. The fourth-order valence-corrected chi connectivity index (χ4v) is 2.23. The maximum atomic E-state index is 12.0. The smallest absolute Gasteiger partial charge is 0.270 e. The first-order valence-electron chi connectivity index (χ1n) is 7.92. The van der Waals surface area contributed by atoms with Crippen LogP contribution in [0.5, 0.6) is 0 Å². The summed E-state index contributed by atoms with van der Waals surface area (Å²) in [6, 6.07) is 13.1. The van der Waals surface area contributed by atoms with Crippen LogP contribution in [0.2, 0.25) is 0 Å². The van der Waals surface area contributed by atoms with Crippen LogP contribution in [0, 0.1) is 10.1 Å². The predicted octanol–water partition coefficient (Wildman–Crippen LogP) is 1.71. The van der Waals surface area contributed by atoms with Gasteiger partial charge in [-0.15, -0.1) is 0 Å². The van der Waals surface area contributed by atoms with Crippen molar-refractivity contribution >= 4 is 23.2 Å². The molecule has 0 aliphatic rings. The zero-order chi connectivity index (χ0) is 19.1. The van der Waals surface area contributed by atoms with Crippen molar-refractivity contribution in [3.05, 3.63) is 69.8 Å². The van der Waals surface area contributed by atoms with Crippen LogP contribution in [0.4, 0.5) is 11.4 Å². The number of benzene rings is 2. The molecular formula is C18H20N4O4. The summed E-state index contributed by atoms with van der Waals surface area (Å²) in [6.45, 7) is 0.127. The van der Waals surface area contributed by atoms with E-state index >= 15 is 0 Å². The van der Waals surface area contributed by atoms with Crippen LogP contribution in [0.3, 0.4) is 0 Å². The summed E-state index contributed by atoms with van der Waals surface area (Å²) in [5.74, 6) is -0.891. The van der Waals surface area contributed by atoms with Crippen molar-refractivity contribution < 1.29 is 14.5 Å². The zero-order valence-corrected chi connectivity index (χ0v) is 14.6. The molecule has 0 aliphatic heterocycles. The van der Waals surface area contributed by atoms with E-state index in [9.17, 15) is 19.7 Å². The predicted molar refractivity (Wildman–Crippen MR) is 98.0 cm³/mol. The van der Waals surface area contributed by atoms with Crippen molar-refractivity contribution in [3.8, 4) is 0 Å². The fourth-order valence-electron chi connectivity index (χ4n) is 2.23. The maximum Gasteiger partial charge on any atom is 0.270 e. The minimum Gasteiger partial charge on any atom is -0.378 e. The van der Waals surface area contributed by atoms with Gasteiger partial charge in [0.25, 0.3) is 11.6 Å². The lowest BCUT2D eigenvalue weighted by Crippen LogP contribution is -2.36. The van der Waals surface area contributed by atoms with E-state index in [-0.39, 0.29) is 23.7 Å². The van der Waals surface area contributed by atoms with Crippen molar-refractivity contribution in [3.63, 3.8) is 0 Å². The van der Waals surface area contributed by atoms with Gasteiger partial charge in [0, 0.05) is 44.0 Å². The van der Waals surface area contributed by atoms with Gasteiger partial charge >= 0.3 is 0 Å². The van der Waals surface area contributed by atoms with Crippen LogP contribution in [0.1, 0.15) is 15.9 Å². The molecule has 2 amide bonds. The molecule has 0 aromatic heterocycles. The summed E-state index contributed by atoms with van der Waals surface area (Å²) >= 11 is 0. The molecule has 136 valence electrons. The van der Waals surface area contributed by atoms with E-state index in [0.29, 0.717) is 6.54 Å². The van der Waals surface area contributed by atoms with E-state index < -0.39 is 10.8 Å². The molecule has 0 saturated heterocycles. The molecule has 0 aliphatic carbocycles. The van der Waals surface area contributed by atoms with Crippen LogP contribution >= 0.6 is 0 Å². The van der Waals surface area contributed by atoms with Crippen LogP contribution in [0.25, 0.3) is 0 Å². The molecule has 0 spiro atoms. The van der Waals surface area contributed by atoms with Gasteiger partial charge < -0.3 is 15.5 Å². The number of nitro benzene ring substituents is 1. The normalized spacial score (nSPS) is 10.1. The molecule has 0 saturated carbocycles. The Kier molecular flexibility index (Phi) is 6.26. The summed E-state index contributed by atoms with van der Waals surface area (Å²) in [5, 5.41) is 15.9. The van der Waals surface area contributed by atoms with Crippen molar-refractivity contribution in [1.82, 2.24) is 10.6 Å². The lowest BCUT2D eigenvalue weighted by molar-refractivity contribution is -0.384. The Morgan fingerprint density at radius 1 is 1.08 bits per heavy atom. The lowest BCUT2D eigenvalue weighted by atomic mass is 10.2. The highest BCUT2D eigenvalue weighted by Crippen LogP contribution is 2.13. The Hall–Kier alpha value is -3.42. The summed E-state index contributed by atoms with van der Waals surface area (Å²) < 4.78 is 0. The first-order chi connectivity index (χ1) is 12.4. The Morgan fingerprint density at radius 2 is 1.81 bits per heavy atom. The van der Waals surface area contributed by atoms with Crippen molar-refractivity contribution in [2.75, 3.05) is 25.5 Å². The number of anilines is 1. The van der Waals surface area contributed by atoms with Gasteiger partial charge in [0.05, 0.1) is 11.5 Å². The number of nitrogens with zero attached hydrogens (tertiary/aromatic N) is 2. The molecular weight excluding hydrogens is 336 g/mol. The Labute approximate surface area is 151 Å². The van der Waals surface area contributed by atoms with Gasteiger partial charge in [-0.3, -0.25) is 19.7 Å². The molecule has 2 aromatic rings. The van der Waals surface area contributed by atoms with Gasteiger partial charge in [0.1, 0.15) is 0 Å². The quantitative estimate of drug-likeness (QED) is 0.580. The van der Waals surface area contributed by atoms with Gasteiger partial charge in [-0.1, -0.05) is 18.2 Å². The van der Waals surface area contributed by atoms with Crippen LogP contribution in [-0.2, 0) is 11.3 Å². The number of amides is 2. The molecule has 0 fully saturated rings. The van der Waals surface area contributed by atoms with Gasteiger partial charge in [0.2, 0.25) is 5.91 Å². The third kappa shape index (κ3) is 5.30. The summed E-state index contributed by atoms with van der Waals surface area (Å²) in [5.41, 5.74) is 1.92. The van der Waals surface area contributed by atoms with Crippen molar-refractivity contribution in [2.24, 2.45) is 0 Å². The topological polar surface area (TPSA) is 105 Å². The molecule has 8 heteroatoms. The standard InChI is InChI=1S/C18H20N4O4/c1-21(2)15-7-3-5-13(9-15)11-19-17(23)12-20-18(24)14-6-4-8-16(10-14)22(25)26/h3-10H,11-12H2,1-2H3,(H,19,23)(H,20,24). The molecule has 2 rings (SSSR count). The molecule has 26 heavy (non-hydrogen) atoms. The van der Waals surface area contributed by atoms with E-state index in [2.05, 4.69) is 10.6 Å². The largest absolute Gasteiger partial charge is 0.378 e. The molecule has 8 nitrogen and oxygen atoms in total. The zero-order valence-electron chi connectivity index (χ0n) is 14.6. The average Bonchev–Trinajstić information content (AvgIpc) is 2.64. The third-order valence-electron chi connectivity index (χ3n) is 3.65. The third-order valence-corrected chi connectivity index (χ3v) is 3.65. The van der Waals surface area contributed by atoms with Crippen LogP contribution in [-0.4, -0.2) is 37.4 Å². The number of nitro groups is 1. The number of nitrogens with one attached hydrogen (secondary N) is 2. The number of hydrogen-bond donors (Lipinski definition) is 2.